The minimum Gasteiger partial charge on any atom is -0.507 e. The van der Waals surface area contributed by atoms with Gasteiger partial charge in [-0.1, -0.05) is 42.5 Å². The summed E-state index contributed by atoms with van der Waals surface area (Å²) in [5.41, 5.74) is 4.48. The van der Waals surface area contributed by atoms with Crippen LogP contribution in [-0.4, -0.2) is 18.1 Å². The summed E-state index contributed by atoms with van der Waals surface area (Å²) in [6.07, 6.45) is 2.42. The largest absolute Gasteiger partial charge is 0.507 e. The molecule has 0 saturated carbocycles. The van der Waals surface area contributed by atoms with Crippen LogP contribution in [0.5, 0.6) is 5.75 Å². The topological polar surface area (TPSA) is 49.7 Å². The van der Waals surface area contributed by atoms with E-state index in [-0.39, 0.29) is 5.75 Å². The highest BCUT2D eigenvalue weighted by atomic mass is 16.3. The zero-order chi connectivity index (χ0) is 17.1. The Morgan fingerprint density at radius 1 is 1.12 bits per heavy atom. The van der Waals surface area contributed by atoms with Gasteiger partial charge in [0, 0.05) is 11.8 Å². The van der Waals surface area contributed by atoms with Gasteiger partial charge in [-0.05, 0) is 53.2 Å². The van der Waals surface area contributed by atoms with Crippen LogP contribution < -0.4 is 0 Å². The number of rotatable bonds is 4. The molecule has 0 aliphatic heterocycles. The van der Waals surface area contributed by atoms with Gasteiger partial charge in [0.15, 0.2) is 6.29 Å². The second kappa shape index (κ2) is 6.50. The third kappa shape index (κ3) is 2.72. The highest BCUT2D eigenvalue weighted by molar-refractivity contribution is 6.02. The number of aromatic hydroxyl groups is 1. The van der Waals surface area contributed by atoms with Crippen molar-refractivity contribution in [2.45, 2.75) is 6.92 Å². The van der Waals surface area contributed by atoms with Gasteiger partial charge >= 0.3 is 0 Å². The maximum atomic E-state index is 11.2. The van der Waals surface area contributed by atoms with Crippen LogP contribution in [0.2, 0.25) is 0 Å². The van der Waals surface area contributed by atoms with E-state index in [1.54, 1.807) is 18.3 Å². The Morgan fingerprint density at radius 3 is 2.62 bits per heavy atom. The maximum Gasteiger partial charge on any atom is 0.154 e. The average Bonchev–Trinajstić information content (AvgIpc) is 2.60. The number of aldehydes is 1. The second-order valence-electron chi connectivity index (χ2n) is 5.59. The van der Waals surface area contributed by atoms with Gasteiger partial charge in [0.05, 0.1) is 5.56 Å². The first-order valence-electron chi connectivity index (χ1n) is 7.59. The van der Waals surface area contributed by atoms with Crippen molar-refractivity contribution in [1.82, 2.24) is 0 Å². The van der Waals surface area contributed by atoms with E-state index in [2.05, 4.69) is 24.7 Å². The predicted molar refractivity (Wildman–Crippen MR) is 98.8 cm³/mol. The first-order chi connectivity index (χ1) is 11.7. The summed E-state index contributed by atoms with van der Waals surface area (Å²) in [4.78, 5) is 15.2. The van der Waals surface area contributed by atoms with E-state index < -0.39 is 0 Å². The Labute approximate surface area is 140 Å². The third-order valence-electron chi connectivity index (χ3n) is 4.12. The summed E-state index contributed by atoms with van der Waals surface area (Å²) in [5.74, 6) is -0.00678. The van der Waals surface area contributed by atoms with Gasteiger partial charge in [0.2, 0.25) is 0 Å². The van der Waals surface area contributed by atoms with Crippen LogP contribution in [0.25, 0.3) is 16.3 Å². The van der Waals surface area contributed by atoms with Crippen molar-refractivity contribution in [2.24, 2.45) is 4.99 Å². The maximum absolute atomic E-state index is 11.2. The van der Waals surface area contributed by atoms with Crippen LogP contribution in [0.1, 0.15) is 27.0 Å². The quantitative estimate of drug-likeness (QED) is 0.557. The Bertz CT molecular complexity index is 971. The van der Waals surface area contributed by atoms with Gasteiger partial charge < -0.3 is 5.11 Å². The first kappa shape index (κ1) is 15.7. The molecule has 3 nitrogen and oxygen atoms in total. The van der Waals surface area contributed by atoms with Gasteiger partial charge in [-0.3, -0.25) is 9.79 Å². The van der Waals surface area contributed by atoms with Crippen molar-refractivity contribution in [2.75, 3.05) is 0 Å². The van der Waals surface area contributed by atoms with Gasteiger partial charge in [0.1, 0.15) is 5.75 Å². The molecule has 0 atom stereocenters. The summed E-state index contributed by atoms with van der Waals surface area (Å²) in [6.45, 7) is 5.63. The Balaban J connectivity index is 2.22. The van der Waals surface area contributed by atoms with E-state index in [1.165, 1.54) is 0 Å². The van der Waals surface area contributed by atoms with E-state index in [4.69, 9.17) is 0 Å². The van der Waals surface area contributed by atoms with Crippen molar-refractivity contribution in [3.05, 3.63) is 83.1 Å². The molecule has 3 aromatic carbocycles. The molecule has 0 aromatic heterocycles. The van der Waals surface area contributed by atoms with Gasteiger partial charge in [-0.15, -0.1) is 0 Å². The van der Waals surface area contributed by atoms with E-state index >= 15 is 0 Å². The number of carbonyl (C=O) groups excluding carboxylic acids is 1. The van der Waals surface area contributed by atoms with Crippen molar-refractivity contribution >= 4 is 29.3 Å². The Kier molecular flexibility index (Phi) is 4.25. The lowest BCUT2D eigenvalue weighted by Gasteiger charge is -2.12. The number of aryl methyl sites for hydroxylation is 1. The van der Waals surface area contributed by atoms with Gasteiger partial charge in [-0.25, -0.2) is 0 Å². The summed E-state index contributed by atoms with van der Waals surface area (Å²) < 4.78 is 0. The minimum absolute atomic E-state index is 0.00678. The molecule has 0 bridgehead atoms. The van der Waals surface area contributed by atoms with E-state index in [0.717, 1.165) is 33.0 Å². The highest BCUT2D eigenvalue weighted by Crippen LogP contribution is 2.31. The van der Waals surface area contributed by atoms with Crippen LogP contribution >= 0.6 is 0 Å². The van der Waals surface area contributed by atoms with E-state index in [0.29, 0.717) is 11.8 Å². The van der Waals surface area contributed by atoms with Gasteiger partial charge in [-0.2, -0.15) is 0 Å². The lowest BCUT2D eigenvalue weighted by Crippen LogP contribution is -1.92. The number of hydrogen-bond donors (Lipinski definition) is 1. The molecule has 118 valence electrons. The minimum atomic E-state index is -0.00678. The fourth-order valence-electron chi connectivity index (χ4n) is 2.90. The van der Waals surface area contributed by atoms with Crippen molar-refractivity contribution in [3.8, 4) is 5.75 Å². The average molecular weight is 315 g/mol. The zero-order valence-electron chi connectivity index (χ0n) is 13.4. The summed E-state index contributed by atoms with van der Waals surface area (Å²) in [6, 6.07) is 17.2. The fraction of sp³-hybridized carbons (Fsp3) is 0.0476. The number of aliphatic imine (C=N–C) groups is 1. The van der Waals surface area contributed by atoms with Gasteiger partial charge in [0.25, 0.3) is 0 Å². The normalized spacial score (nSPS) is 11.5. The number of phenols is 1. The number of fused-ring (bicyclic) bond motifs is 1. The molecule has 0 radical (unpaired) electrons. The number of benzene rings is 3. The molecule has 1 N–H and O–H groups in total. The number of nitrogens with zero attached hydrogens (tertiary/aromatic N) is 1. The molecule has 24 heavy (non-hydrogen) atoms. The van der Waals surface area contributed by atoms with E-state index in [1.807, 2.05) is 36.4 Å². The smallest absolute Gasteiger partial charge is 0.154 e. The van der Waals surface area contributed by atoms with Crippen molar-refractivity contribution in [3.63, 3.8) is 0 Å². The molecule has 3 heteroatoms. The third-order valence-corrected chi connectivity index (χ3v) is 4.12. The Morgan fingerprint density at radius 2 is 1.92 bits per heavy atom. The monoisotopic (exact) mass is 315 g/mol. The number of hydrogen-bond acceptors (Lipinski definition) is 3. The summed E-state index contributed by atoms with van der Waals surface area (Å²) >= 11 is 0. The molecular formula is C21H17NO2. The molecule has 0 aliphatic rings. The Hall–Kier alpha value is -3.20. The lowest BCUT2D eigenvalue weighted by molar-refractivity contribution is 0.112. The molecule has 0 saturated heterocycles. The number of carbonyl (C=O) groups is 1. The lowest BCUT2D eigenvalue weighted by atomic mass is 9.92. The van der Waals surface area contributed by atoms with Crippen LogP contribution in [0, 0.1) is 6.92 Å². The second-order valence-corrected chi connectivity index (χ2v) is 5.59. The van der Waals surface area contributed by atoms with Crippen molar-refractivity contribution in [1.29, 1.82) is 0 Å². The molecular weight excluding hydrogens is 298 g/mol. The van der Waals surface area contributed by atoms with Crippen molar-refractivity contribution < 1.29 is 9.90 Å². The highest BCUT2D eigenvalue weighted by Gasteiger charge is 2.11. The zero-order valence-corrected chi connectivity index (χ0v) is 13.4. The molecule has 0 spiro atoms. The molecule has 0 fully saturated rings. The SMILES string of the molecule is C=N/C=C(/c1ccc2c(C=O)c(O)ccc2c1)c1ccccc1C. The fourth-order valence-corrected chi connectivity index (χ4v) is 2.90. The molecule has 3 rings (SSSR count). The van der Waals surface area contributed by atoms with Crippen LogP contribution in [0.15, 0.2) is 65.8 Å². The number of phenolic OH excluding ortho intramolecular Hbond substituents is 1. The standard InChI is InChI=1S/C21H17NO2/c1-14-5-3-4-6-17(14)19(12-22-2)16-7-9-18-15(11-16)8-10-21(24)20(18)13-23/h3-13,24H,2H2,1H3/b19-12-. The molecule has 0 heterocycles. The van der Waals surface area contributed by atoms with Crippen LogP contribution in [0.3, 0.4) is 0 Å². The first-order valence-corrected chi connectivity index (χ1v) is 7.59. The molecule has 3 aromatic rings. The molecule has 0 unspecified atom stereocenters. The molecule has 0 aliphatic carbocycles. The summed E-state index contributed by atoms with van der Waals surface area (Å²) in [5, 5.41) is 11.4. The van der Waals surface area contributed by atoms with Crippen LogP contribution in [0.4, 0.5) is 0 Å². The molecule has 0 amide bonds. The van der Waals surface area contributed by atoms with E-state index in [9.17, 15) is 9.90 Å². The summed E-state index contributed by atoms with van der Waals surface area (Å²) in [7, 11) is 0. The predicted octanol–water partition coefficient (Wildman–Crippen LogP) is 4.76. The van der Waals surface area contributed by atoms with Crippen LogP contribution in [-0.2, 0) is 0 Å².